The molecule has 0 N–H and O–H groups in total. The van der Waals surface area contributed by atoms with Gasteiger partial charge in [-0.1, -0.05) is 27.2 Å². The minimum absolute atomic E-state index is 0.0398. The smallest absolute Gasteiger partial charge is 0.308 e. The highest BCUT2D eigenvalue weighted by molar-refractivity contribution is 5.95. The molecular weight excluding hydrogens is 372 g/mol. The number of fused-ring (bicyclic) bond motifs is 2. The minimum Gasteiger partial charge on any atom is -0.469 e. The summed E-state index contributed by atoms with van der Waals surface area (Å²) in [4.78, 5) is 36.8. The third kappa shape index (κ3) is 3.54. The van der Waals surface area contributed by atoms with E-state index in [9.17, 15) is 14.4 Å². The van der Waals surface area contributed by atoms with Gasteiger partial charge in [0.05, 0.1) is 24.7 Å². The Bertz CT molecular complexity index is 752. The number of rotatable bonds is 4. The second-order valence-corrected chi connectivity index (χ2v) is 10.2. The molecule has 1 aliphatic heterocycles. The highest BCUT2D eigenvalue weighted by Crippen LogP contribution is 2.65. The Morgan fingerprint density at radius 1 is 1.14 bits per heavy atom. The lowest BCUT2D eigenvalue weighted by Gasteiger charge is -2.60. The Balaban J connectivity index is 2.09. The Hall–Kier alpha value is -1.69. The fourth-order valence-corrected chi connectivity index (χ4v) is 6.37. The molecule has 4 atom stereocenters. The highest BCUT2D eigenvalue weighted by atomic mass is 16.6. The predicted molar refractivity (Wildman–Crippen MR) is 107 cm³/mol. The lowest BCUT2D eigenvalue weighted by Crippen LogP contribution is -2.63. The molecule has 0 unspecified atom stereocenters. The average molecular weight is 407 g/mol. The molecule has 2 fully saturated rings. The van der Waals surface area contributed by atoms with Gasteiger partial charge in [-0.3, -0.25) is 14.4 Å². The van der Waals surface area contributed by atoms with Gasteiger partial charge in [-0.05, 0) is 44.1 Å². The van der Waals surface area contributed by atoms with Crippen LogP contribution < -0.4 is 0 Å². The summed E-state index contributed by atoms with van der Waals surface area (Å²) in [5, 5.41) is 0. The van der Waals surface area contributed by atoms with Crippen molar-refractivity contribution in [3.63, 3.8) is 0 Å². The van der Waals surface area contributed by atoms with E-state index in [0.29, 0.717) is 12.8 Å². The summed E-state index contributed by atoms with van der Waals surface area (Å²) in [6.07, 6.45) is 6.03. The first-order valence-corrected chi connectivity index (χ1v) is 10.5. The van der Waals surface area contributed by atoms with E-state index in [1.807, 2.05) is 6.92 Å². The van der Waals surface area contributed by atoms with E-state index in [1.54, 1.807) is 6.08 Å². The molecule has 0 aromatic rings. The van der Waals surface area contributed by atoms with E-state index in [2.05, 4.69) is 20.8 Å². The predicted octanol–water partition coefficient (Wildman–Crippen LogP) is 3.76. The van der Waals surface area contributed by atoms with Crippen molar-refractivity contribution in [2.24, 2.45) is 16.7 Å². The highest BCUT2D eigenvalue weighted by Gasteiger charge is 2.67. The van der Waals surface area contributed by atoms with Crippen LogP contribution in [0, 0.1) is 16.7 Å². The number of ketones is 1. The summed E-state index contributed by atoms with van der Waals surface area (Å²) in [6.45, 7) is 9.81. The van der Waals surface area contributed by atoms with Gasteiger partial charge in [0.25, 0.3) is 0 Å². The number of hydrogen-bond acceptors (Lipinski definition) is 6. The van der Waals surface area contributed by atoms with Crippen molar-refractivity contribution in [2.75, 3.05) is 13.7 Å². The number of carbonyl (C=O) groups excluding carboxylic acids is 3. The van der Waals surface area contributed by atoms with Crippen molar-refractivity contribution >= 4 is 17.7 Å². The van der Waals surface area contributed by atoms with Crippen LogP contribution in [0.25, 0.3) is 0 Å². The zero-order valence-corrected chi connectivity index (χ0v) is 18.6. The maximum atomic E-state index is 13.3. The first-order chi connectivity index (χ1) is 13.4. The Morgan fingerprint density at radius 2 is 1.83 bits per heavy atom. The molecule has 1 saturated carbocycles. The molecule has 6 heteroatoms. The molecule has 1 saturated heterocycles. The van der Waals surface area contributed by atoms with E-state index in [1.165, 1.54) is 14.0 Å². The van der Waals surface area contributed by atoms with Crippen LogP contribution in [0.5, 0.6) is 0 Å². The van der Waals surface area contributed by atoms with Gasteiger partial charge in [-0.25, -0.2) is 0 Å². The van der Waals surface area contributed by atoms with Gasteiger partial charge >= 0.3 is 11.9 Å². The molecule has 0 aromatic carbocycles. The van der Waals surface area contributed by atoms with Crippen LogP contribution in [-0.2, 0) is 28.6 Å². The first kappa shape index (κ1) is 22.0. The molecule has 6 nitrogen and oxygen atoms in total. The van der Waals surface area contributed by atoms with Gasteiger partial charge in [0.2, 0.25) is 0 Å². The van der Waals surface area contributed by atoms with Crippen molar-refractivity contribution in [1.82, 2.24) is 0 Å². The fourth-order valence-electron chi connectivity index (χ4n) is 6.37. The largest absolute Gasteiger partial charge is 0.469 e. The van der Waals surface area contributed by atoms with E-state index < -0.39 is 16.6 Å². The molecule has 3 aliphatic rings. The van der Waals surface area contributed by atoms with Crippen LogP contribution >= 0.6 is 0 Å². The molecule has 3 rings (SSSR count). The maximum Gasteiger partial charge on any atom is 0.308 e. The summed E-state index contributed by atoms with van der Waals surface area (Å²) in [6, 6.07) is 0. The van der Waals surface area contributed by atoms with Crippen molar-refractivity contribution < 1.29 is 28.6 Å². The number of esters is 2. The number of carbonyl (C=O) groups is 3. The third-order valence-electron chi connectivity index (χ3n) is 7.58. The van der Waals surface area contributed by atoms with Crippen molar-refractivity contribution in [3.05, 3.63) is 11.6 Å². The molecule has 0 radical (unpaired) electrons. The topological polar surface area (TPSA) is 78.9 Å². The monoisotopic (exact) mass is 406 g/mol. The van der Waals surface area contributed by atoms with Crippen LogP contribution in [0.3, 0.4) is 0 Å². The molecule has 1 heterocycles. The first-order valence-electron chi connectivity index (χ1n) is 10.5. The normalized spacial score (nSPS) is 38.3. The average Bonchev–Trinajstić information content (AvgIpc) is 2.95. The zero-order chi connectivity index (χ0) is 21.7. The Kier molecular flexibility index (Phi) is 5.48. The standard InChI is InChI=1S/C23H34O6/c1-15(24)28-14-16-12-17(25)19-20(2,3)8-7-9-22(19,5)23(16)11-10-21(4,29-23)13-18(26)27-6/h12,19H,7-11,13-14H2,1-6H3/t19-,21-,22-,23+/m1/s1. The van der Waals surface area contributed by atoms with Gasteiger partial charge in [0.1, 0.15) is 6.61 Å². The van der Waals surface area contributed by atoms with Gasteiger partial charge in [-0.2, -0.15) is 0 Å². The van der Waals surface area contributed by atoms with Crippen LogP contribution in [-0.4, -0.2) is 42.6 Å². The second-order valence-electron chi connectivity index (χ2n) is 10.2. The second kappa shape index (κ2) is 7.22. The Labute approximate surface area is 173 Å². The van der Waals surface area contributed by atoms with Crippen LogP contribution in [0.4, 0.5) is 0 Å². The van der Waals surface area contributed by atoms with Crippen LogP contribution in [0.2, 0.25) is 0 Å². The van der Waals surface area contributed by atoms with Gasteiger partial charge in [0.15, 0.2) is 5.78 Å². The van der Waals surface area contributed by atoms with Gasteiger partial charge in [0, 0.05) is 23.8 Å². The number of ether oxygens (including phenoxy) is 3. The molecule has 162 valence electrons. The lowest BCUT2D eigenvalue weighted by molar-refractivity contribution is -0.197. The van der Waals surface area contributed by atoms with Crippen LogP contribution in [0.1, 0.15) is 73.1 Å². The SMILES string of the molecule is COC(=O)C[C@@]1(C)CC[C@]2(O1)C(COC(C)=O)=CC(=O)[C@@H]1C(C)(C)CCC[C@]12C. The lowest BCUT2D eigenvalue weighted by atomic mass is 9.46. The van der Waals surface area contributed by atoms with Crippen molar-refractivity contribution in [3.8, 4) is 0 Å². The third-order valence-corrected chi connectivity index (χ3v) is 7.58. The van der Waals surface area contributed by atoms with E-state index in [4.69, 9.17) is 14.2 Å². The fraction of sp³-hybridized carbons (Fsp3) is 0.783. The molecule has 2 aliphatic carbocycles. The van der Waals surface area contributed by atoms with Crippen molar-refractivity contribution in [1.29, 1.82) is 0 Å². The quantitative estimate of drug-likeness (QED) is 0.662. The number of hydrogen-bond donors (Lipinski definition) is 0. The maximum absolute atomic E-state index is 13.3. The summed E-state index contributed by atoms with van der Waals surface area (Å²) in [7, 11) is 1.38. The summed E-state index contributed by atoms with van der Waals surface area (Å²) in [5.74, 6) is -0.784. The molecular formula is C23H34O6. The van der Waals surface area contributed by atoms with Gasteiger partial charge < -0.3 is 14.2 Å². The van der Waals surface area contributed by atoms with E-state index >= 15 is 0 Å². The Morgan fingerprint density at radius 3 is 2.45 bits per heavy atom. The van der Waals surface area contributed by atoms with Crippen LogP contribution in [0.15, 0.2) is 11.6 Å². The summed E-state index contributed by atoms with van der Waals surface area (Å²) >= 11 is 0. The summed E-state index contributed by atoms with van der Waals surface area (Å²) in [5.41, 5.74) is -1.27. The van der Waals surface area contributed by atoms with E-state index in [0.717, 1.165) is 24.8 Å². The molecule has 29 heavy (non-hydrogen) atoms. The zero-order valence-electron chi connectivity index (χ0n) is 18.6. The van der Waals surface area contributed by atoms with Crippen molar-refractivity contribution in [2.45, 2.75) is 84.3 Å². The van der Waals surface area contributed by atoms with E-state index in [-0.39, 0.29) is 42.1 Å². The number of methoxy groups -OCH3 is 1. The molecule has 0 amide bonds. The number of allylic oxidation sites excluding steroid dienone is 1. The molecule has 0 bridgehead atoms. The summed E-state index contributed by atoms with van der Waals surface area (Å²) < 4.78 is 17.0. The minimum atomic E-state index is -0.735. The molecule has 1 spiro atoms. The van der Waals surface area contributed by atoms with Gasteiger partial charge in [-0.15, -0.1) is 0 Å². The molecule has 0 aromatic heterocycles.